The number of aliphatic imine (C=N–C) groups is 1. The van der Waals surface area contributed by atoms with E-state index >= 15 is 0 Å². The zero-order chi connectivity index (χ0) is 22.8. The molecule has 0 saturated heterocycles. The molecule has 5 heteroatoms. The van der Waals surface area contributed by atoms with Gasteiger partial charge in [-0.1, -0.05) is 82.3 Å². The number of halogens is 2. The van der Waals surface area contributed by atoms with Crippen molar-refractivity contribution in [2.24, 2.45) is 4.99 Å². The van der Waals surface area contributed by atoms with Crippen LogP contribution in [-0.4, -0.2) is 14.3 Å². The van der Waals surface area contributed by atoms with Crippen LogP contribution in [0, 0.1) is 6.92 Å². The average Bonchev–Trinajstić information content (AvgIpc) is 3.43. The summed E-state index contributed by atoms with van der Waals surface area (Å²) in [5.74, 6) is 0. The first-order chi connectivity index (χ1) is 15.1. The van der Waals surface area contributed by atoms with Gasteiger partial charge in [-0.25, -0.2) is 0 Å². The molecule has 2 bridgehead atoms. The van der Waals surface area contributed by atoms with Gasteiger partial charge in [0.15, 0.2) is 0 Å². The fraction of sp³-hybridized carbons (Fsp3) is 0.267. The summed E-state index contributed by atoms with van der Waals surface area (Å²) in [6, 6.07) is 20.1. The quantitative estimate of drug-likeness (QED) is 0.302. The second-order valence-electron chi connectivity index (χ2n) is 10.9. The van der Waals surface area contributed by atoms with Crippen molar-refractivity contribution in [3.63, 3.8) is 0 Å². The third-order valence-corrected chi connectivity index (χ3v) is 11.0. The molecule has 3 heterocycles. The summed E-state index contributed by atoms with van der Waals surface area (Å²) in [6.45, 7) is 16.0. The van der Waals surface area contributed by atoms with Gasteiger partial charge >= 0.3 is 26.2 Å². The van der Waals surface area contributed by atoms with E-state index in [0.29, 0.717) is 0 Å². The molecule has 0 unspecified atom stereocenters. The number of benzene rings is 2. The first-order valence-corrected chi connectivity index (χ1v) is 14.6. The number of nitrogens with zero attached hydrogens (tertiary/aromatic N) is 1. The van der Waals surface area contributed by atoms with Gasteiger partial charge in [0, 0.05) is 23.6 Å². The van der Waals surface area contributed by atoms with E-state index in [1.807, 2.05) is 12.4 Å². The first kappa shape index (κ1) is 29.8. The van der Waals surface area contributed by atoms with E-state index in [4.69, 9.17) is 0 Å². The number of allylic oxidation sites excluding steroid dienone is 5. The van der Waals surface area contributed by atoms with Gasteiger partial charge in [-0.2, -0.15) is 6.07 Å². The Bertz CT molecular complexity index is 1380. The summed E-state index contributed by atoms with van der Waals surface area (Å²) in [5, 5.41) is 6.00. The zero-order valence-electron chi connectivity index (χ0n) is 21.6. The van der Waals surface area contributed by atoms with Crippen molar-refractivity contribution in [1.82, 2.24) is 0 Å². The van der Waals surface area contributed by atoms with Gasteiger partial charge in [-0.15, -0.1) is 34.5 Å². The van der Waals surface area contributed by atoms with E-state index in [1.165, 1.54) is 44.2 Å². The minimum Gasteiger partial charge on any atom is -1.00 e. The monoisotopic (exact) mass is 594 g/mol. The molecule has 0 amide bonds. The maximum Gasteiger partial charge on any atom is 3.00 e. The van der Waals surface area contributed by atoms with Crippen molar-refractivity contribution in [2.75, 3.05) is 0 Å². The molecule has 0 N–H and O–H groups in total. The summed E-state index contributed by atoms with van der Waals surface area (Å²) in [4.78, 5) is 4.19. The maximum atomic E-state index is 4.19. The van der Waals surface area contributed by atoms with Crippen molar-refractivity contribution in [3.05, 3.63) is 99.0 Å². The molecule has 0 aromatic heterocycles. The summed E-state index contributed by atoms with van der Waals surface area (Å²) < 4.78 is 0. The topological polar surface area (TPSA) is 12.4 Å². The first-order valence-electron chi connectivity index (χ1n) is 11.6. The Morgan fingerprint density at radius 1 is 0.886 bits per heavy atom. The molecule has 35 heavy (non-hydrogen) atoms. The van der Waals surface area contributed by atoms with Crippen molar-refractivity contribution in [3.8, 4) is 11.1 Å². The third kappa shape index (κ3) is 4.95. The summed E-state index contributed by atoms with van der Waals surface area (Å²) in [6.07, 6.45) is 4.06. The molecule has 3 aromatic rings. The van der Waals surface area contributed by atoms with Crippen molar-refractivity contribution in [2.45, 2.75) is 53.1 Å². The van der Waals surface area contributed by atoms with E-state index in [1.54, 1.807) is 16.0 Å². The van der Waals surface area contributed by atoms with Crippen molar-refractivity contribution < 1.29 is 51.0 Å². The number of hydrogen-bond donors (Lipinski definition) is 0. The average molecular weight is 597 g/mol. The van der Waals surface area contributed by atoms with E-state index < -0.39 is 8.07 Å². The molecular weight excluding hydrogens is 565 g/mol. The largest absolute Gasteiger partial charge is 3.00 e. The molecule has 1 aliphatic carbocycles. The van der Waals surface area contributed by atoms with Crippen LogP contribution in [-0.2, 0) is 31.6 Å². The van der Waals surface area contributed by atoms with Crippen LogP contribution in [0.3, 0.4) is 0 Å². The van der Waals surface area contributed by atoms with Crippen molar-refractivity contribution >= 4 is 25.1 Å². The van der Waals surface area contributed by atoms with Crippen LogP contribution in [0.5, 0.6) is 0 Å². The van der Waals surface area contributed by atoms with Crippen LogP contribution in [0.25, 0.3) is 21.9 Å². The molecular formula is C30H32Cl2NSiZr. The predicted octanol–water partition coefficient (Wildman–Crippen LogP) is 2.22. The molecule has 0 atom stereocenters. The zero-order valence-corrected chi connectivity index (χ0v) is 26.5. The van der Waals surface area contributed by atoms with Crippen LogP contribution < -0.4 is 24.8 Å². The van der Waals surface area contributed by atoms with Gasteiger partial charge in [0.25, 0.3) is 0 Å². The van der Waals surface area contributed by atoms with Crippen molar-refractivity contribution in [1.29, 1.82) is 0 Å². The van der Waals surface area contributed by atoms with E-state index in [-0.39, 0.29) is 56.4 Å². The van der Waals surface area contributed by atoms with Gasteiger partial charge in [0.1, 0.15) is 8.07 Å². The molecule has 3 aromatic carbocycles. The molecule has 0 fully saturated rings. The molecule has 4 aliphatic rings. The van der Waals surface area contributed by atoms with Gasteiger partial charge < -0.3 is 24.8 Å². The molecule has 1 radical (unpaired) electrons. The Hall–Kier alpha value is -1.38. The molecule has 0 saturated carbocycles. The van der Waals surface area contributed by atoms with Crippen LogP contribution >= 0.6 is 0 Å². The second-order valence-corrected chi connectivity index (χ2v) is 15.2. The molecule has 179 valence electrons. The Morgan fingerprint density at radius 3 is 2.11 bits per heavy atom. The Kier molecular flexibility index (Phi) is 8.99. The van der Waals surface area contributed by atoms with E-state index in [0.717, 1.165) is 0 Å². The Labute approximate surface area is 242 Å². The second kappa shape index (κ2) is 10.5. The van der Waals surface area contributed by atoms with E-state index in [9.17, 15) is 0 Å². The minimum absolute atomic E-state index is 0. The van der Waals surface area contributed by atoms with Crippen LogP contribution in [0.4, 0.5) is 0 Å². The van der Waals surface area contributed by atoms with Gasteiger partial charge in [-0.3, -0.25) is 4.99 Å². The fourth-order valence-corrected chi connectivity index (χ4v) is 9.64. The van der Waals surface area contributed by atoms with E-state index in [2.05, 4.69) is 107 Å². The molecule has 7 rings (SSSR count). The third-order valence-electron chi connectivity index (χ3n) is 7.19. The van der Waals surface area contributed by atoms with Crippen LogP contribution in [0.15, 0.2) is 92.9 Å². The summed E-state index contributed by atoms with van der Waals surface area (Å²) in [5.41, 5.74) is 10.00. The smallest absolute Gasteiger partial charge is 1.00 e. The van der Waals surface area contributed by atoms with Gasteiger partial charge in [-0.05, 0) is 33.9 Å². The number of aryl methyl sites for hydroxylation is 1. The summed E-state index contributed by atoms with van der Waals surface area (Å²) in [7, 11) is -1.11. The maximum absolute atomic E-state index is 4.19. The predicted molar refractivity (Wildman–Crippen MR) is 142 cm³/mol. The Morgan fingerprint density at radius 2 is 1.54 bits per heavy atom. The molecule has 1 nitrogen and oxygen atoms in total. The summed E-state index contributed by atoms with van der Waals surface area (Å²) >= 11 is 0. The van der Waals surface area contributed by atoms with Crippen LogP contribution in [0.2, 0.25) is 13.1 Å². The fourth-order valence-electron chi connectivity index (χ4n) is 5.71. The van der Waals surface area contributed by atoms with Gasteiger partial charge in [0.05, 0.1) is 0 Å². The number of hydrogen-bond acceptors (Lipinski definition) is 1. The Balaban J connectivity index is 0.000000249. The number of rotatable bonds is 1. The molecule has 0 spiro atoms. The normalized spacial score (nSPS) is 16.4. The SMILES string of the molecule is CC1=C2C3=CN=CC3=C1[Si]2(C)C.Cc1cc2c(-c3ccc(C(C)(C)C)cc3)cccc2[cH-]1.[Cl-].[Cl-].[Zr+3]. The van der Waals surface area contributed by atoms with Crippen LogP contribution in [0.1, 0.15) is 38.8 Å². The van der Waals surface area contributed by atoms with Gasteiger partial charge in [0.2, 0.25) is 0 Å². The minimum atomic E-state index is -1.11. The molecule has 3 aliphatic heterocycles. The number of fused-ring (bicyclic) bond motifs is 1. The standard InChI is InChI=1S/C20H21.C10H11NSi.2ClH.Zr/c1-14-12-16-6-5-7-18(19(16)13-14)15-8-10-17(11-9-15)20(2,3)4;1-6-9-7-4-11-5-8(7)10(6)12(9,2)3;;;/h5-13H,1-4H3;4-5H,1-3H3;2*1H;/q-1;;;;+3/p-2.